The van der Waals surface area contributed by atoms with Crippen LogP contribution >= 0.6 is 11.6 Å². The summed E-state index contributed by atoms with van der Waals surface area (Å²) in [6.07, 6.45) is 2.25. The summed E-state index contributed by atoms with van der Waals surface area (Å²) in [6, 6.07) is 9.50. The fourth-order valence-electron chi connectivity index (χ4n) is 4.66. The van der Waals surface area contributed by atoms with E-state index in [-0.39, 0.29) is 18.5 Å². The van der Waals surface area contributed by atoms with Gasteiger partial charge in [0.25, 0.3) is 5.91 Å². The van der Waals surface area contributed by atoms with E-state index in [2.05, 4.69) is 10.2 Å². The molecule has 1 unspecified atom stereocenters. The molecule has 2 aromatic rings. The van der Waals surface area contributed by atoms with Crippen LogP contribution in [0.3, 0.4) is 0 Å². The van der Waals surface area contributed by atoms with Crippen LogP contribution in [-0.2, 0) is 9.53 Å². The highest BCUT2D eigenvalue weighted by atomic mass is 35.5. The highest BCUT2D eigenvalue weighted by Crippen LogP contribution is 2.32. The van der Waals surface area contributed by atoms with Crippen LogP contribution in [0.25, 0.3) is 0 Å². The van der Waals surface area contributed by atoms with E-state index in [1.807, 2.05) is 6.92 Å². The number of amides is 3. The van der Waals surface area contributed by atoms with Gasteiger partial charge in [0.05, 0.1) is 24.5 Å². The van der Waals surface area contributed by atoms with Crippen molar-refractivity contribution < 1.29 is 23.5 Å². The van der Waals surface area contributed by atoms with Crippen molar-refractivity contribution in [1.82, 2.24) is 20.0 Å². The van der Waals surface area contributed by atoms with Crippen LogP contribution < -0.4 is 5.32 Å². The van der Waals surface area contributed by atoms with E-state index in [1.165, 1.54) is 6.26 Å². The lowest BCUT2D eigenvalue weighted by molar-refractivity contribution is -0.139. The van der Waals surface area contributed by atoms with Gasteiger partial charge in [-0.15, -0.1) is 0 Å². The number of nitrogens with zero attached hydrogens (tertiary/aromatic N) is 3. The Morgan fingerprint density at radius 2 is 1.89 bits per heavy atom. The molecule has 0 saturated carbocycles. The molecular formula is C26H31ClN4O5. The smallest absolute Gasteiger partial charge is 0.338 e. The predicted molar refractivity (Wildman–Crippen MR) is 134 cm³/mol. The summed E-state index contributed by atoms with van der Waals surface area (Å²) in [5.74, 6) is -0.277. The van der Waals surface area contributed by atoms with Crippen molar-refractivity contribution in [3.8, 4) is 0 Å². The zero-order valence-electron chi connectivity index (χ0n) is 20.5. The first kappa shape index (κ1) is 25.8. The fraction of sp³-hybridized carbons (Fsp3) is 0.423. The molecule has 1 fully saturated rings. The monoisotopic (exact) mass is 514 g/mol. The van der Waals surface area contributed by atoms with Crippen molar-refractivity contribution in [2.24, 2.45) is 0 Å². The van der Waals surface area contributed by atoms with Crippen LogP contribution in [0.2, 0.25) is 5.02 Å². The molecular weight excluding hydrogens is 484 g/mol. The largest absolute Gasteiger partial charge is 0.463 e. The van der Waals surface area contributed by atoms with Gasteiger partial charge in [0.2, 0.25) is 0 Å². The molecule has 36 heavy (non-hydrogen) atoms. The molecule has 3 amide bonds. The minimum atomic E-state index is -0.657. The molecule has 0 aliphatic carbocycles. The standard InChI is InChI=1S/C26H31ClN4O5/c1-3-31-20(17-29-12-6-13-30(15-14-29)24(32)21-7-5-16-36-21)22(25(33)35-4-2)23(28-26(31)34)18-8-10-19(27)11-9-18/h5,7-11,16,23H,3-4,6,12-15,17H2,1-2H3,(H,28,34). The average Bonchev–Trinajstić information content (AvgIpc) is 3.31. The zero-order chi connectivity index (χ0) is 25.7. The molecule has 2 aliphatic heterocycles. The van der Waals surface area contributed by atoms with Gasteiger partial charge >= 0.3 is 12.0 Å². The minimum Gasteiger partial charge on any atom is -0.463 e. The lowest BCUT2D eigenvalue weighted by atomic mass is 9.94. The lowest BCUT2D eigenvalue weighted by Crippen LogP contribution is -2.51. The number of halogens is 1. The molecule has 1 saturated heterocycles. The fourth-order valence-corrected chi connectivity index (χ4v) is 4.79. The number of rotatable bonds is 7. The Morgan fingerprint density at radius 1 is 1.11 bits per heavy atom. The third kappa shape index (κ3) is 5.57. The summed E-state index contributed by atoms with van der Waals surface area (Å²) in [6.45, 7) is 7.05. The van der Waals surface area contributed by atoms with Gasteiger partial charge in [0.1, 0.15) is 0 Å². The Balaban J connectivity index is 1.63. The molecule has 0 spiro atoms. The van der Waals surface area contributed by atoms with Crippen LogP contribution in [0, 0.1) is 0 Å². The van der Waals surface area contributed by atoms with Crippen LogP contribution in [0.1, 0.15) is 42.4 Å². The van der Waals surface area contributed by atoms with Crippen molar-refractivity contribution in [2.75, 3.05) is 45.9 Å². The Morgan fingerprint density at radius 3 is 2.56 bits per heavy atom. The maximum absolute atomic E-state index is 13.2. The summed E-state index contributed by atoms with van der Waals surface area (Å²) in [5.41, 5.74) is 1.77. The molecule has 192 valence electrons. The molecule has 10 heteroatoms. The van der Waals surface area contributed by atoms with E-state index in [1.54, 1.807) is 53.1 Å². The number of carbonyl (C=O) groups excluding carboxylic acids is 3. The topological polar surface area (TPSA) is 95.3 Å². The second-order valence-corrected chi connectivity index (χ2v) is 9.09. The van der Waals surface area contributed by atoms with E-state index >= 15 is 0 Å². The molecule has 4 rings (SSSR count). The van der Waals surface area contributed by atoms with Gasteiger partial charge in [-0.3, -0.25) is 14.6 Å². The molecule has 3 heterocycles. The number of esters is 1. The average molecular weight is 515 g/mol. The normalized spacial score (nSPS) is 19.2. The highest BCUT2D eigenvalue weighted by molar-refractivity contribution is 6.30. The number of hydrogen-bond acceptors (Lipinski definition) is 6. The molecule has 1 aromatic carbocycles. The number of hydrogen-bond donors (Lipinski definition) is 1. The number of urea groups is 1. The number of ether oxygens (including phenoxy) is 1. The first-order valence-electron chi connectivity index (χ1n) is 12.2. The number of nitrogens with one attached hydrogen (secondary N) is 1. The Kier molecular flexibility index (Phi) is 8.32. The number of furan rings is 1. The zero-order valence-corrected chi connectivity index (χ0v) is 21.3. The quantitative estimate of drug-likeness (QED) is 0.566. The minimum absolute atomic E-state index is 0.136. The second kappa shape index (κ2) is 11.6. The van der Waals surface area contributed by atoms with Crippen LogP contribution in [-0.4, -0.2) is 78.5 Å². The van der Waals surface area contributed by atoms with Gasteiger partial charge in [-0.2, -0.15) is 0 Å². The van der Waals surface area contributed by atoms with Gasteiger partial charge in [0, 0.05) is 50.0 Å². The number of likely N-dealkylation sites (N-methyl/N-ethyl adjacent to an activating group) is 1. The Hall–Kier alpha value is -3.30. The molecule has 1 atom stereocenters. The molecule has 0 radical (unpaired) electrons. The van der Waals surface area contributed by atoms with Gasteiger partial charge in [0.15, 0.2) is 5.76 Å². The summed E-state index contributed by atoms with van der Waals surface area (Å²) >= 11 is 6.07. The van der Waals surface area contributed by atoms with E-state index in [0.717, 1.165) is 12.0 Å². The first-order chi connectivity index (χ1) is 17.4. The van der Waals surface area contributed by atoms with Gasteiger partial charge in [-0.1, -0.05) is 23.7 Å². The van der Waals surface area contributed by atoms with E-state index < -0.39 is 12.0 Å². The van der Waals surface area contributed by atoms with E-state index in [4.69, 9.17) is 20.8 Å². The maximum atomic E-state index is 13.2. The third-order valence-corrected chi connectivity index (χ3v) is 6.69. The van der Waals surface area contributed by atoms with Crippen LogP contribution in [0.5, 0.6) is 0 Å². The third-order valence-electron chi connectivity index (χ3n) is 6.43. The van der Waals surface area contributed by atoms with Crippen molar-refractivity contribution in [2.45, 2.75) is 26.3 Å². The van der Waals surface area contributed by atoms with E-state index in [0.29, 0.717) is 61.3 Å². The summed E-state index contributed by atoms with van der Waals surface area (Å²) in [5, 5.41) is 3.53. The van der Waals surface area contributed by atoms with Gasteiger partial charge in [-0.25, -0.2) is 9.59 Å². The SMILES string of the molecule is CCOC(=O)C1=C(CN2CCCN(C(=O)c3ccco3)CC2)N(CC)C(=O)NC1c1ccc(Cl)cc1. The van der Waals surface area contributed by atoms with Gasteiger partial charge in [-0.05, 0) is 50.1 Å². The van der Waals surface area contributed by atoms with Crippen LogP contribution in [0.15, 0.2) is 58.3 Å². The number of benzene rings is 1. The molecule has 9 nitrogen and oxygen atoms in total. The maximum Gasteiger partial charge on any atom is 0.338 e. The summed E-state index contributed by atoms with van der Waals surface area (Å²) in [4.78, 5) is 44.7. The second-order valence-electron chi connectivity index (χ2n) is 8.66. The van der Waals surface area contributed by atoms with E-state index in [9.17, 15) is 14.4 Å². The highest BCUT2D eigenvalue weighted by Gasteiger charge is 2.38. The Bertz CT molecular complexity index is 1120. The summed E-state index contributed by atoms with van der Waals surface area (Å²) in [7, 11) is 0. The molecule has 0 bridgehead atoms. The van der Waals surface area contributed by atoms with Crippen molar-refractivity contribution in [1.29, 1.82) is 0 Å². The van der Waals surface area contributed by atoms with Crippen LogP contribution in [0.4, 0.5) is 4.79 Å². The predicted octanol–water partition coefficient (Wildman–Crippen LogP) is 3.68. The molecule has 1 N–H and O–H groups in total. The molecule has 2 aliphatic rings. The lowest BCUT2D eigenvalue weighted by Gasteiger charge is -2.38. The van der Waals surface area contributed by atoms with Crippen molar-refractivity contribution in [3.05, 3.63) is 70.3 Å². The van der Waals surface area contributed by atoms with Gasteiger partial charge < -0.3 is 19.4 Å². The summed E-state index contributed by atoms with van der Waals surface area (Å²) < 4.78 is 10.7. The van der Waals surface area contributed by atoms with Crippen molar-refractivity contribution >= 4 is 29.5 Å². The first-order valence-corrected chi connectivity index (χ1v) is 12.6. The number of carbonyl (C=O) groups is 3. The molecule has 1 aromatic heterocycles. The Labute approximate surface area is 215 Å². The van der Waals surface area contributed by atoms with Crippen molar-refractivity contribution in [3.63, 3.8) is 0 Å².